The molecule has 2 heterocycles. The molecule has 0 saturated carbocycles. The summed E-state index contributed by atoms with van der Waals surface area (Å²) in [6.45, 7) is 5.38. The van der Waals surface area contributed by atoms with E-state index in [9.17, 15) is 14.7 Å². The number of carboxylic acid groups (broad SMARTS) is 1. The van der Waals surface area contributed by atoms with Crippen LogP contribution in [0, 0.1) is 5.41 Å². The van der Waals surface area contributed by atoms with Gasteiger partial charge in [-0.05, 0) is 56.8 Å². The molecule has 1 N–H and O–H groups in total. The number of thioether (sulfide) groups is 1. The Balaban J connectivity index is 1.48. The van der Waals surface area contributed by atoms with Gasteiger partial charge in [0.25, 0.3) is 0 Å². The van der Waals surface area contributed by atoms with Gasteiger partial charge in [-0.2, -0.15) is 0 Å². The molecule has 3 rings (SSSR count). The highest BCUT2D eigenvalue weighted by atomic mass is 32.2. The third-order valence-electron chi connectivity index (χ3n) is 5.86. The van der Waals surface area contributed by atoms with Gasteiger partial charge in [0.2, 0.25) is 5.91 Å². The molecule has 0 aromatic heterocycles. The van der Waals surface area contributed by atoms with E-state index in [2.05, 4.69) is 29.2 Å². The highest BCUT2D eigenvalue weighted by Gasteiger charge is 2.43. The van der Waals surface area contributed by atoms with Crippen LogP contribution in [0.5, 0.6) is 0 Å². The van der Waals surface area contributed by atoms with Crippen LogP contribution in [0.3, 0.4) is 0 Å². The van der Waals surface area contributed by atoms with Crippen LogP contribution in [-0.2, 0) is 9.59 Å². The first-order chi connectivity index (χ1) is 12.5. The number of piperidine rings is 2. The third kappa shape index (κ3) is 4.60. The Labute approximate surface area is 159 Å². The second kappa shape index (κ2) is 8.44. The quantitative estimate of drug-likeness (QED) is 0.774. The lowest BCUT2D eigenvalue weighted by Crippen LogP contribution is -2.55. The molecule has 2 fully saturated rings. The van der Waals surface area contributed by atoms with Crippen LogP contribution < -0.4 is 0 Å². The normalized spacial score (nSPS) is 21.7. The summed E-state index contributed by atoms with van der Waals surface area (Å²) in [5, 5.41) is 9.27. The Morgan fingerprint density at radius 3 is 2.58 bits per heavy atom. The zero-order valence-corrected chi connectivity index (χ0v) is 16.2. The topological polar surface area (TPSA) is 60.9 Å². The van der Waals surface area contributed by atoms with Gasteiger partial charge in [0.05, 0.1) is 0 Å². The first-order valence-electron chi connectivity index (χ1n) is 9.42. The molecule has 1 aromatic rings. The van der Waals surface area contributed by atoms with E-state index in [4.69, 9.17) is 0 Å². The molecule has 2 aliphatic rings. The van der Waals surface area contributed by atoms with Crippen LogP contribution in [0.4, 0.5) is 0 Å². The summed E-state index contributed by atoms with van der Waals surface area (Å²) in [5.74, 6) is 0.162. The van der Waals surface area contributed by atoms with Crippen molar-refractivity contribution in [2.75, 3.05) is 31.9 Å². The van der Waals surface area contributed by atoms with E-state index in [0.717, 1.165) is 44.6 Å². The van der Waals surface area contributed by atoms with Crippen molar-refractivity contribution >= 4 is 23.6 Å². The van der Waals surface area contributed by atoms with Gasteiger partial charge in [-0.25, -0.2) is 4.79 Å². The summed E-state index contributed by atoms with van der Waals surface area (Å²) in [6, 6.07) is 9.75. The second-order valence-corrected chi connectivity index (χ2v) is 8.71. The van der Waals surface area contributed by atoms with E-state index in [0.29, 0.717) is 13.0 Å². The standard InChI is InChI=1S/C20H28N2O3S/c1-16(19(24)25)22-15-20(8-7-18(22)23)9-11-21(12-10-20)13-14-26-17-5-3-2-4-6-17/h2-6,16H,7-15H2,1H3,(H,24,25)/t16-/m1/s1. The molecule has 26 heavy (non-hydrogen) atoms. The molecule has 5 nitrogen and oxygen atoms in total. The molecule has 6 heteroatoms. The summed E-state index contributed by atoms with van der Waals surface area (Å²) < 4.78 is 0. The maximum absolute atomic E-state index is 12.2. The first-order valence-corrected chi connectivity index (χ1v) is 10.4. The maximum Gasteiger partial charge on any atom is 0.326 e. The van der Waals surface area contributed by atoms with Crippen molar-refractivity contribution < 1.29 is 14.7 Å². The molecule has 2 aliphatic heterocycles. The number of carboxylic acids is 1. The minimum atomic E-state index is -0.911. The van der Waals surface area contributed by atoms with Gasteiger partial charge in [0, 0.05) is 30.2 Å². The molecule has 2 saturated heterocycles. The largest absolute Gasteiger partial charge is 0.480 e. The summed E-state index contributed by atoms with van der Waals surface area (Å²) in [4.78, 5) is 28.9. The maximum atomic E-state index is 12.2. The Hall–Kier alpha value is -1.53. The molecule has 142 valence electrons. The van der Waals surface area contributed by atoms with Crippen LogP contribution in [0.25, 0.3) is 0 Å². The number of amides is 1. The van der Waals surface area contributed by atoms with Crippen LogP contribution in [0.1, 0.15) is 32.6 Å². The molecule has 0 radical (unpaired) electrons. The number of hydrogen-bond acceptors (Lipinski definition) is 4. The van der Waals surface area contributed by atoms with E-state index in [1.165, 1.54) is 4.90 Å². The van der Waals surface area contributed by atoms with Gasteiger partial charge in [0.15, 0.2) is 0 Å². The lowest BCUT2D eigenvalue weighted by atomic mass is 9.72. The Morgan fingerprint density at radius 1 is 1.23 bits per heavy atom. The van der Waals surface area contributed by atoms with Gasteiger partial charge in [-0.15, -0.1) is 11.8 Å². The Morgan fingerprint density at radius 2 is 1.92 bits per heavy atom. The summed E-state index contributed by atoms with van der Waals surface area (Å²) in [7, 11) is 0. The fourth-order valence-corrected chi connectivity index (χ4v) is 4.93. The van der Waals surface area contributed by atoms with E-state index in [1.807, 2.05) is 17.8 Å². The monoisotopic (exact) mass is 376 g/mol. The number of benzene rings is 1. The van der Waals surface area contributed by atoms with E-state index < -0.39 is 12.0 Å². The highest BCUT2D eigenvalue weighted by molar-refractivity contribution is 7.99. The van der Waals surface area contributed by atoms with Crippen molar-refractivity contribution in [2.45, 2.75) is 43.5 Å². The van der Waals surface area contributed by atoms with Crippen LogP contribution in [0.15, 0.2) is 35.2 Å². The number of likely N-dealkylation sites (tertiary alicyclic amines) is 2. The number of carbonyl (C=O) groups is 2. The van der Waals surface area contributed by atoms with E-state index in [-0.39, 0.29) is 11.3 Å². The van der Waals surface area contributed by atoms with Crippen molar-refractivity contribution in [3.05, 3.63) is 30.3 Å². The highest BCUT2D eigenvalue weighted by Crippen LogP contribution is 2.40. The van der Waals surface area contributed by atoms with Crippen LogP contribution in [-0.4, -0.2) is 64.8 Å². The average Bonchev–Trinajstić information content (AvgIpc) is 2.66. The molecule has 0 unspecified atom stereocenters. The fourth-order valence-electron chi connectivity index (χ4n) is 4.00. The number of hydrogen-bond donors (Lipinski definition) is 1. The lowest BCUT2D eigenvalue weighted by molar-refractivity contribution is -0.154. The molecule has 1 spiro atoms. The smallest absolute Gasteiger partial charge is 0.326 e. The zero-order valence-electron chi connectivity index (χ0n) is 15.4. The van der Waals surface area contributed by atoms with Gasteiger partial charge in [0.1, 0.15) is 6.04 Å². The van der Waals surface area contributed by atoms with Gasteiger partial charge in [-0.1, -0.05) is 18.2 Å². The van der Waals surface area contributed by atoms with Crippen LogP contribution >= 0.6 is 11.8 Å². The molecule has 1 atom stereocenters. The first kappa shape index (κ1) is 19.2. The number of nitrogens with zero attached hydrogens (tertiary/aromatic N) is 2. The molecular formula is C20H28N2O3S. The minimum Gasteiger partial charge on any atom is -0.480 e. The van der Waals surface area contributed by atoms with Crippen molar-refractivity contribution in [2.24, 2.45) is 5.41 Å². The molecule has 0 bridgehead atoms. The molecule has 1 amide bonds. The third-order valence-corrected chi connectivity index (χ3v) is 6.85. The average molecular weight is 377 g/mol. The van der Waals surface area contributed by atoms with Gasteiger partial charge < -0.3 is 14.9 Å². The van der Waals surface area contributed by atoms with Gasteiger partial charge >= 0.3 is 5.97 Å². The predicted molar refractivity (Wildman–Crippen MR) is 103 cm³/mol. The number of aliphatic carboxylic acids is 1. The number of rotatable bonds is 6. The minimum absolute atomic E-state index is 0.00721. The van der Waals surface area contributed by atoms with E-state index >= 15 is 0 Å². The summed E-state index contributed by atoms with van der Waals surface area (Å²) >= 11 is 1.89. The zero-order chi connectivity index (χ0) is 18.6. The number of carbonyl (C=O) groups excluding carboxylic acids is 1. The summed E-state index contributed by atoms with van der Waals surface area (Å²) in [5.41, 5.74) is 0.112. The molecule has 0 aliphatic carbocycles. The predicted octanol–water partition coefficient (Wildman–Crippen LogP) is 2.96. The van der Waals surface area contributed by atoms with Crippen LogP contribution in [0.2, 0.25) is 0 Å². The Bertz CT molecular complexity index is 629. The fraction of sp³-hybridized carbons (Fsp3) is 0.600. The van der Waals surface area contributed by atoms with E-state index in [1.54, 1.807) is 11.8 Å². The van der Waals surface area contributed by atoms with Crippen molar-refractivity contribution in [3.8, 4) is 0 Å². The lowest BCUT2D eigenvalue weighted by Gasteiger charge is -2.48. The second-order valence-electron chi connectivity index (χ2n) is 7.54. The summed E-state index contributed by atoms with van der Waals surface area (Å²) in [6.07, 6.45) is 3.50. The molecular weight excluding hydrogens is 348 g/mol. The van der Waals surface area contributed by atoms with Gasteiger partial charge in [-0.3, -0.25) is 4.79 Å². The van der Waals surface area contributed by atoms with Crippen molar-refractivity contribution in [1.29, 1.82) is 0 Å². The van der Waals surface area contributed by atoms with Crippen molar-refractivity contribution in [1.82, 2.24) is 9.80 Å². The Kier molecular flexibility index (Phi) is 6.24. The molecule has 1 aromatic carbocycles. The SMILES string of the molecule is C[C@H](C(=O)O)N1CC2(CCC1=O)CCN(CCSc1ccccc1)CC2. The van der Waals surface area contributed by atoms with Crippen molar-refractivity contribution in [3.63, 3.8) is 0 Å².